The zero-order valence-corrected chi connectivity index (χ0v) is 30.8. The Morgan fingerprint density at radius 1 is 0.826 bits per heavy atom. The second kappa shape index (κ2) is 14.2. The molecule has 0 aliphatic rings. The van der Waals surface area contributed by atoms with Crippen molar-refractivity contribution >= 4 is 39.7 Å². The maximum atomic E-state index is 14.2. The van der Waals surface area contributed by atoms with Gasteiger partial charge in [-0.25, -0.2) is 9.37 Å². The molecule has 3 aromatic carbocycles. The van der Waals surface area contributed by atoms with Crippen LogP contribution in [0.3, 0.4) is 0 Å². The number of aromatic nitrogens is 3. The van der Waals surface area contributed by atoms with Crippen LogP contribution >= 0.6 is 0 Å². The minimum absolute atomic E-state index is 0. The van der Waals surface area contributed by atoms with E-state index < -0.39 is 19.2 Å². The second-order valence-corrected chi connectivity index (χ2v) is 22.7. The number of hydrogen-bond acceptors (Lipinski definition) is 4. The van der Waals surface area contributed by atoms with Crippen LogP contribution in [0.5, 0.6) is 0 Å². The number of furan rings is 1. The van der Waals surface area contributed by atoms with Crippen molar-refractivity contribution in [1.29, 1.82) is 0 Å². The van der Waals surface area contributed by atoms with E-state index in [1.165, 1.54) is 27.8 Å². The monoisotopic (exact) mass is 847 g/mol. The Kier molecular flexibility index (Phi) is 9.88. The number of fused-ring (bicyclic) bond motifs is 3. The van der Waals surface area contributed by atoms with Crippen LogP contribution in [-0.4, -0.2) is 28.2 Å². The van der Waals surface area contributed by atoms with E-state index in [0.717, 1.165) is 16.8 Å². The molecule has 4 nitrogen and oxygen atoms in total. The van der Waals surface area contributed by atoms with Gasteiger partial charge in [0.1, 0.15) is 5.82 Å². The van der Waals surface area contributed by atoms with Gasteiger partial charge >= 0.3 is 135 Å². The van der Waals surface area contributed by atoms with Gasteiger partial charge in [0, 0.05) is 33.9 Å². The largest absolute Gasteiger partial charge is 0 e. The molecule has 0 saturated heterocycles. The summed E-state index contributed by atoms with van der Waals surface area (Å²) in [6.07, 6.45) is 5.14. The first-order chi connectivity index (χ1) is 22.0. The molecule has 7 heteroatoms. The van der Waals surface area contributed by atoms with Crippen molar-refractivity contribution in [1.82, 2.24) is 15.0 Å². The summed E-state index contributed by atoms with van der Waals surface area (Å²) in [6.45, 7) is 3.63. The molecule has 233 valence electrons. The SMILES string of the molecule is [2H]C(C)(C)c1ccnc(-c2[c-]ccc3c2oc2nccc(F)c23)c1.[CH3][Ge]([CH3])([CH3])[c]1cnc(-c2[c-]cccc2)cc1-c1ccccc1.[Ir]. The topological polar surface area (TPSA) is 51.8 Å². The molecule has 0 aliphatic heterocycles. The molecule has 46 heavy (non-hydrogen) atoms. The molecule has 0 saturated carbocycles. The molecule has 0 atom stereocenters. The minimum Gasteiger partial charge on any atom is 0 e. The third-order valence-corrected chi connectivity index (χ3v) is 11.9. The normalized spacial score (nSPS) is 11.8. The summed E-state index contributed by atoms with van der Waals surface area (Å²) in [4.78, 5) is 13.2. The first-order valence-corrected chi connectivity index (χ1v) is 22.2. The van der Waals surface area contributed by atoms with Crippen molar-refractivity contribution in [2.75, 3.05) is 0 Å². The maximum absolute atomic E-state index is 14.2. The standard InChI is InChI=1S/C20H20GeN.C19H14FN2O.Ir/c1-21(2,3)19-15-22-20(17-12-8-5-9-13-17)14-18(19)16-10-6-4-7-11-16;1-11(2)12-6-8-21-16(10-12)13-4-3-5-14-17-15(20)7-9-22-19(17)23-18(13)14;/h4-12,14-15H,1-3H3;3,5-11H,1-2H3;/q2*-1;/i;11D;. The van der Waals surface area contributed by atoms with Crippen LogP contribution in [0.2, 0.25) is 17.3 Å². The number of halogens is 1. The molecule has 0 bridgehead atoms. The van der Waals surface area contributed by atoms with Gasteiger partial charge in [0.05, 0.1) is 11.0 Å². The summed E-state index contributed by atoms with van der Waals surface area (Å²) < 4.78 is 29.6. The van der Waals surface area contributed by atoms with E-state index in [2.05, 4.69) is 88.0 Å². The summed E-state index contributed by atoms with van der Waals surface area (Å²) in [5.74, 6) is 6.13. The number of rotatable bonds is 5. The van der Waals surface area contributed by atoms with Gasteiger partial charge in [-0.15, -0.1) is 18.2 Å². The van der Waals surface area contributed by atoms with Crippen LogP contribution in [0.4, 0.5) is 4.39 Å². The van der Waals surface area contributed by atoms with Crippen molar-refractivity contribution in [2.24, 2.45) is 0 Å². The number of nitrogens with zero attached hydrogens (tertiary/aromatic N) is 3. The smallest absolute Gasteiger partial charge is 0 e. The molecule has 0 unspecified atom stereocenters. The van der Waals surface area contributed by atoms with Crippen LogP contribution in [0, 0.1) is 17.9 Å². The van der Waals surface area contributed by atoms with E-state index >= 15 is 0 Å². The average molecular weight is 846 g/mol. The van der Waals surface area contributed by atoms with Gasteiger partial charge in [-0.1, -0.05) is 36.4 Å². The fourth-order valence-electron chi connectivity index (χ4n) is 5.30. The fraction of sp³-hybridized carbons (Fsp3) is 0.154. The Hall–Kier alpha value is -3.97. The molecular formula is C39H34FGeIrN3O-2. The van der Waals surface area contributed by atoms with Gasteiger partial charge in [-0.3, -0.25) is 0 Å². The van der Waals surface area contributed by atoms with E-state index in [9.17, 15) is 4.39 Å². The first-order valence-electron chi connectivity index (χ1n) is 15.4. The molecule has 7 rings (SSSR count). The van der Waals surface area contributed by atoms with Crippen molar-refractivity contribution in [3.8, 4) is 33.6 Å². The zero-order chi connectivity index (χ0) is 32.5. The second-order valence-electron chi connectivity index (χ2n) is 12.1. The molecule has 0 fully saturated rings. The van der Waals surface area contributed by atoms with Gasteiger partial charge in [0.15, 0.2) is 0 Å². The van der Waals surface area contributed by atoms with Crippen LogP contribution in [0.1, 0.15) is 26.7 Å². The third-order valence-electron chi connectivity index (χ3n) is 7.66. The Labute approximate surface area is 287 Å². The Morgan fingerprint density at radius 3 is 2.30 bits per heavy atom. The quantitative estimate of drug-likeness (QED) is 0.128. The predicted molar refractivity (Wildman–Crippen MR) is 185 cm³/mol. The van der Waals surface area contributed by atoms with Crippen molar-refractivity contribution in [3.63, 3.8) is 0 Å². The molecule has 0 spiro atoms. The Morgan fingerprint density at radius 2 is 1.59 bits per heavy atom. The van der Waals surface area contributed by atoms with Gasteiger partial charge < -0.3 is 9.40 Å². The van der Waals surface area contributed by atoms with Crippen molar-refractivity contribution in [3.05, 3.63) is 133 Å². The molecule has 0 aliphatic carbocycles. The molecule has 0 N–H and O–H groups in total. The van der Waals surface area contributed by atoms with Crippen LogP contribution < -0.4 is 4.40 Å². The van der Waals surface area contributed by atoms with Gasteiger partial charge in [0.25, 0.3) is 0 Å². The molecule has 0 amide bonds. The van der Waals surface area contributed by atoms with Crippen molar-refractivity contribution in [2.45, 2.75) is 37.0 Å². The molecule has 4 heterocycles. The van der Waals surface area contributed by atoms with E-state index in [1.807, 2.05) is 44.2 Å². The Bertz CT molecular complexity index is 2140. The minimum atomic E-state index is -1.99. The summed E-state index contributed by atoms with van der Waals surface area (Å²) in [7, 11) is 0. The van der Waals surface area contributed by atoms with E-state index in [4.69, 9.17) is 10.8 Å². The predicted octanol–water partition coefficient (Wildman–Crippen LogP) is 9.86. The number of benzene rings is 3. The summed E-state index contributed by atoms with van der Waals surface area (Å²) in [5, 5.41) is 1.00. The van der Waals surface area contributed by atoms with E-state index in [1.54, 1.807) is 18.3 Å². The third kappa shape index (κ3) is 7.05. The summed E-state index contributed by atoms with van der Waals surface area (Å²) in [6, 6.07) is 35.7. The van der Waals surface area contributed by atoms with Gasteiger partial charge in [-0.2, -0.15) is 0 Å². The van der Waals surface area contributed by atoms with Crippen LogP contribution in [-0.2, 0) is 20.1 Å². The van der Waals surface area contributed by atoms with Gasteiger partial charge in [-0.05, 0) is 23.7 Å². The maximum Gasteiger partial charge on any atom is 0 e. The molecular weight excluding hydrogens is 810 g/mol. The number of pyridine rings is 3. The molecule has 7 aromatic rings. The summed E-state index contributed by atoms with van der Waals surface area (Å²) in [5.41, 5.74) is 7.50. The van der Waals surface area contributed by atoms with E-state index in [0.29, 0.717) is 27.6 Å². The van der Waals surface area contributed by atoms with E-state index in [-0.39, 0.29) is 31.6 Å². The van der Waals surface area contributed by atoms with Crippen LogP contribution in [0.25, 0.3) is 55.7 Å². The molecule has 1 radical (unpaired) electrons. The van der Waals surface area contributed by atoms with Crippen molar-refractivity contribution < 1.29 is 30.3 Å². The fourth-order valence-corrected chi connectivity index (χ4v) is 8.40. The Balaban J connectivity index is 0.000000181. The van der Waals surface area contributed by atoms with Gasteiger partial charge in [0.2, 0.25) is 5.71 Å². The number of hydrogen-bond donors (Lipinski definition) is 0. The average Bonchev–Trinajstić information content (AvgIpc) is 3.45. The van der Waals surface area contributed by atoms with Crippen LogP contribution in [0.15, 0.2) is 114 Å². The first kappa shape index (κ1) is 32.0. The summed E-state index contributed by atoms with van der Waals surface area (Å²) >= 11 is -1.99. The zero-order valence-electron chi connectivity index (χ0n) is 27.4. The molecule has 4 aromatic heterocycles.